The molecule has 6 rings (SSSR count). The smallest absolute Gasteiger partial charge is 0.216 e. The number of hydrogen-bond donors (Lipinski definition) is 2. The number of alkyl halides is 1. The van der Waals surface area contributed by atoms with E-state index in [-0.39, 0.29) is 52.1 Å². The molecule has 2 N–H and O–H groups in total. The number of hydrogen-bond acceptors (Lipinski definition) is 8. The number of anilines is 1. The highest BCUT2D eigenvalue weighted by atomic mass is 19.1. The standard InChI is InChI=1S/C26H26F3N5O3/c1-36-25-9-13(8-23(28)31-25)16-12-22(37-35)17(11-18(16)27)19-6-7-24(33-32-19)34(15-3-4-15)21-10-14-2-5-20(30-14)26(21)29/h6-9,11-12,14-15,20-21,26,30,35H,2-5,10H2,1H3. The van der Waals surface area contributed by atoms with Crippen molar-refractivity contribution in [2.45, 2.75) is 62.4 Å². The first-order chi connectivity index (χ1) is 17.9. The van der Waals surface area contributed by atoms with E-state index in [0.29, 0.717) is 18.3 Å². The van der Waals surface area contributed by atoms with Crippen molar-refractivity contribution in [3.05, 3.63) is 48.2 Å². The van der Waals surface area contributed by atoms with Crippen molar-refractivity contribution in [3.8, 4) is 34.0 Å². The van der Waals surface area contributed by atoms with E-state index in [9.17, 15) is 9.65 Å². The minimum absolute atomic E-state index is 0.0218. The van der Waals surface area contributed by atoms with E-state index in [1.165, 1.54) is 19.2 Å². The molecule has 1 saturated carbocycles. The summed E-state index contributed by atoms with van der Waals surface area (Å²) < 4.78 is 49.3. The summed E-state index contributed by atoms with van der Waals surface area (Å²) in [5, 5.41) is 21.5. The Morgan fingerprint density at radius 1 is 1.03 bits per heavy atom. The molecule has 11 heteroatoms. The number of halogens is 3. The number of nitrogens with zero attached hydrogens (tertiary/aromatic N) is 4. The fourth-order valence-electron chi connectivity index (χ4n) is 5.61. The summed E-state index contributed by atoms with van der Waals surface area (Å²) in [5.74, 6) is -1.08. The van der Waals surface area contributed by atoms with E-state index >= 15 is 8.78 Å². The quantitative estimate of drug-likeness (QED) is 0.270. The Morgan fingerprint density at radius 2 is 1.86 bits per heavy atom. The summed E-state index contributed by atoms with van der Waals surface area (Å²) in [5.41, 5.74) is 0.552. The average Bonchev–Trinajstić information content (AvgIpc) is 3.66. The van der Waals surface area contributed by atoms with Crippen molar-refractivity contribution in [2.24, 2.45) is 0 Å². The lowest BCUT2D eigenvalue weighted by atomic mass is 9.95. The maximum atomic E-state index is 15.3. The van der Waals surface area contributed by atoms with Crippen molar-refractivity contribution in [3.63, 3.8) is 0 Å². The van der Waals surface area contributed by atoms with Crippen LogP contribution in [-0.4, -0.2) is 57.9 Å². The number of rotatable bonds is 7. The molecule has 1 aliphatic carbocycles. The lowest BCUT2D eigenvalue weighted by molar-refractivity contribution is -0.137. The fourth-order valence-corrected chi connectivity index (χ4v) is 5.61. The molecule has 3 aromatic rings. The molecule has 0 spiro atoms. The third kappa shape index (κ3) is 4.46. The van der Waals surface area contributed by atoms with Crippen LogP contribution in [0.5, 0.6) is 11.6 Å². The van der Waals surface area contributed by atoms with Gasteiger partial charge in [-0.1, -0.05) is 0 Å². The second-order valence-electron chi connectivity index (χ2n) is 9.85. The highest BCUT2D eigenvalue weighted by Gasteiger charge is 2.48. The topological polar surface area (TPSA) is 92.6 Å². The average molecular weight is 514 g/mol. The van der Waals surface area contributed by atoms with Crippen LogP contribution in [0, 0.1) is 11.8 Å². The Labute approximate surface area is 211 Å². The van der Waals surface area contributed by atoms with E-state index < -0.39 is 17.9 Å². The molecule has 2 aromatic heterocycles. The van der Waals surface area contributed by atoms with Crippen LogP contribution in [0.2, 0.25) is 0 Å². The molecule has 194 valence electrons. The molecule has 0 radical (unpaired) electrons. The van der Waals surface area contributed by atoms with Gasteiger partial charge in [-0.25, -0.2) is 14.0 Å². The number of ether oxygens (including phenoxy) is 1. The van der Waals surface area contributed by atoms with Crippen molar-refractivity contribution in [2.75, 3.05) is 12.0 Å². The minimum atomic E-state index is -0.992. The maximum absolute atomic E-state index is 15.3. The predicted molar refractivity (Wildman–Crippen MR) is 129 cm³/mol. The number of nitrogens with one attached hydrogen (secondary N) is 1. The van der Waals surface area contributed by atoms with Crippen LogP contribution in [-0.2, 0) is 0 Å². The van der Waals surface area contributed by atoms with Gasteiger partial charge in [-0.15, -0.1) is 10.2 Å². The van der Waals surface area contributed by atoms with Gasteiger partial charge < -0.3 is 19.8 Å². The van der Waals surface area contributed by atoms with Gasteiger partial charge in [0.15, 0.2) is 11.6 Å². The van der Waals surface area contributed by atoms with Gasteiger partial charge in [-0.3, -0.25) is 0 Å². The number of methoxy groups -OCH3 is 1. The number of fused-ring (bicyclic) bond motifs is 2. The van der Waals surface area contributed by atoms with Crippen molar-refractivity contribution < 1.29 is 28.1 Å². The molecular formula is C26H26F3N5O3. The predicted octanol–water partition coefficient (Wildman–Crippen LogP) is 4.54. The zero-order chi connectivity index (χ0) is 25.7. The molecule has 2 aliphatic heterocycles. The Kier molecular flexibility index (Phi) is 6.12. The normalized spacial score (nSPS) is 24.7. The van der Waals surface area contributed by atoms with Crippen LogP contribution in [0.4, 0.5) is 19.0 Å². The van der Waals surface area contributed by atoms with E-state index in [0.717, 1.165) is 37.8 Å². The number of aromatic nitrogens is 3. The SMILES string of the molecule is COc1cc(-c2cc(OO)c(-c3ccc(N(C4CC4)C4CC5CCC(N5)C4F)nn3)cc2F)cc(F)n1. The summed E-state index contributed by atoms with van der Waals surface area (Å²) >= 11 is 0. The third-order valence-electron chi connectivity index (χ3n) is 7.50. The second kappa shape index (κ2) is 9.46. The first-order valence-electron chi connectivity index (χ1n) is 12.3. The van der Waals surface area contributed by atoms with Gasteiger partial charge in [0.1, 0.15) is 12.0 Å². The van der Waals surface area contributed by atoms with Gasteiger partial charge in [0, 0.05) is 35.8 Å². The molecule has 3 fully saturated rings. The lowest BCUT2D eigenvalue weighted by Gasteiger charge is -2.41. The van der Waals surface area contributed by atoms with Crippen LogP contribution < -0.4 is 19.8 Å². The van der Waals surface area contributed by atoms with E-state index in [1.54, 1.807) is 12.1 Å². The van der Waals surface area contributed by atoms with Crippen LogP contribution in [0.3, 0.4) is 0 Å². The monoisotopic (exact) mass is 513 g/mol. The van der Waals surface area contributed by atoms with E-state index in [1.807, 2.05) is 0 Å². The Morgan fingerprint density at radius 3 is 2.57 bits per heavy atom. The van der Waals surface area contributed by atoms with Gasteiger partial charge >= 0.3 is 0 Å². The lowest BCUT2D eigenvalue weighted by Crippen LogP contribution is -2.57. The highest BCUT2D eigenvalue weighted by Crippen LogP contribution is 2.41. The maximum Gasteiger partial charge on any atom is 0.216 e. The molecule has 2 saturated heterocycles. The van der Waals surface area contributed by atoms with Crippen LogP contribution in [0.15, 0.2) is 36.4 Å². The number of pyridine rings is 1. The second-order valence-corrected chi connectivity index (χ2v) is 9.85. The van der Waals surface area contributed by atoms with Crippen molar-refractivity contribution in [1.82, 2.24) is 20.5 Å². The summed E-state index contributed by atoms with van der Waals surface area (Å²) in [4.78, 5) is 10.2. The van der Waals surface area contributed by atoms with Gasteiger partial charge in [0.2, 0.25) is 11.8 Å². The molecule has 1 aromatic carbocycles. The molecule has 3 aliphatic rings. The molecule has 8 nitrogen and oxygen atoms in total. The summed E-state index contributed by atoms with van der Waals surface area (Å²) in [6.07, 6.45) is 3.50. The van der Waals surface area contributed by atoms with Crippen molar-refractivity contribution >= 4 is 5.82 Å². The largest absolute Gasteiger partial charge is 0.481 e. The number of benzene rings is 1. The highest BCUT2D eigenvalue weighted by molar-refractivity contribution is 5.75. The fraction of sp³-hybridized carbons (Fsp3) is 0.423. The summed E-state index contributed by atoms with van der Waals surface area (Å²) in [7, 11) is 1.32. The van der Waals surface area contributed by atoms with Crippen molar-refractivity contribution in [1.29, 1.82) is 0 Å². The minimum Gasteiger partial charge on any atom is -0.481 e. The summed E-state index contributed by atoms with van der Waals surface area (Å²) in [6, 6.07) is 8.33. The van der Waals surface area contributed by atoms with Gasteiger partial charge in [-0.2, -0.15) is 9.37 Å². The molecule has 37 heavy (non-hydrogen) atoms. The first-order valence-corrected chi connectivity index (χ1v) is 12.3. The Hall–Kier alpha value is -3.44. The molecule has 4 heterocycles. The zero-order valence-corrected chi connectivity index (χ0v) is 20.1. The molecule has 2 bridgehead atoms. The third-order valence-corrected chi connectivity index (χ3v) is 7.50. The van der Waals surface area contributed by atoms with Gasteiger partial charge in [0.25, 0.3) is 0 Å². The van der Waals surface area contributed by atoms with E-state index in [2.05, 4.69) is 30.3 Å². The molecule has 4 unspecified atom stereocenters. The van der Waals surface area contributed by atoms with Gasteiger partial charge in [-0.05, 0) is 61.9 Å². The number of piperidine rings is 1. The Bertz CT molecular complexity index is 1310. The van der Waals surface area contributed by atoms with E-state index in [4.69, 9.17) is 4.74 Å². The molecule has 0 amide bonds. The summed E-state index contributed by atoms with van der Waals surface area (Å²) in [6.45, 7) is 0. The molecular weight excluding hydrogens is 487 g/mol. The van der Waals surface area contributed by atoms with Gasteiger partial charge in [0.05, 0.1) is 24.4 Å². The Balaban J connectivity index is 1.31. The molecule has 4 atom stereocenters. The first kappa shape index (κ1) is 23.9. The zero-order valence-electron chi connectivity index (χ0n) is 20.1. The van der Waals surface area contributed by atoms with Crippen LogP contribution in [0.25, 0.3) is 22.4 Å². The van der Waals surface area contributed by atoms with Crippen LogP contribution >= 0.6 is 0 Å². The van der Waals surface area contributed by atoms with Crippen LogP contribution in [0.1, 0.15) is 32.1 Å².